The van der Waals surface area contributed by atoms with Crippen molar-refractivity contribution in [2.75, 3.05) is 20.8 Å². The molecule has 0 amide bonds. The molecule has 1 aliphatic rings. The minimum Gasteiger partial charge on any atom is -0.497 e. The summed E-state index contributed by atoms with van der Waals surface area (Å²) in [7, 11) is -2.32. The summed E-state index contributed by atoms with van der Waals surface area (Å²) in [5, 5.41) is 10.4. The first-order valence-electron chi connectivity index (χ1n) is 11.7. The largest absolute Gasteiger partial charge is 0.587 e. The Hall–Kier alpha value is -3.92. The first-order chi connectivity index (χ1) is 19.7. The van der Waals surface area contributed by atoms with Gasteiger partial charge in [-0.25, -0.2) is 18.1 Å². The van der Waals surface area contributed by atoms with Crippen molar-refractivity contribution in [1.29, 1.82) is 0 Å². The lowest BCUT2D eigenvalue weighted by Crippen LogP contribution is -2.54. The second kappa shape index (κ2) is 11.8. The smallest absolute Gasteiger partial charge is 0.497 e. The molecule has 1 saturated heterocycles. The number of nitrogens with zero attached hydrogens (tertiary/aromatic N) is 1. The molecule has 0 unspecified atom stereocenters. The number of phosphoric acid groups is 1. The van der Waals surface area contributed by atoms with Crippen LogP contribution in [0, 0.1) is 5.82 Å². The Labute approximate surface area is 232 Å². The van der Waals surface area contributed by atoms with Crippen LogP contribution >= 0.6 is 7.82 Å². The number of methoxy groups -OCH3 is 2. The zero-order valence-corrected chi connectivity index (χ0v) is 22.4. The number of H-pyrrole nitrogens is 1. The molecule has 228 valence electrons. The fraction of sp³-hybridized carbons (Fsp3) is 0.333. The zero-order valence-electron chi connectivity index (χ0n) is 21.5. The molecule has 1 fully saturated rings. The quantitative estimate of drug-likeness (QED) is 0.240. The van der Waals surface area contributed by atoms with Crippen molar-refractivity contribution in [3.63, 3.8) is 0 Å². The second-order valence-corrected chi connectivity index (χ2v) is 10.2. The van der Waals surface area contributed by atoms with Crippen LogP contribution in [0.15, 0.2) is 64.3 Å². The number of alkyl halides is 4. The van der Waals surface area contributed by atoms with E-state index in [1.807, 2.05) is 0 Å². The Balaban J connectivity index is 1.69. The summed E-state index contributed by atoms with van der Waals surface area (Å²) in [6.45, 7) is -1.75. The van der Waals surface area contributed by atoms with Crippen molar-refractivity contribution < 1.29 is 59.4 Å². The first kappa shape index (κ1) is 31.0. The second-order valence-electron chi connectivity index (χ2n) is 8.70. The Kier molecular flexibility index (Phi) is 8.68. The van der Waals surface area contributed by atoms with Crippen LogP contribution in [0.2, 0.25) is 0 Å². The molecule has 1 aromatic heterocycles. The highest BCUT2D eigenvalue weighted by molar-refractivity contribution is 7.49. The number of aliphatic hydroxyl groups is 1. The number of hydrogen-bond acceptors (Lipinski definition) is 10. The zero-order chi connectivity index (χ0) is 30.9. The van der Waals surface area contributed by atoms with Gasteiger partial charge < -0.3 is 28.4 Å². The minimum absolute atomic E-state index is 0.000654. The van der Waals surface area contributed by atoms with E-state index < -0.39 is 61.8 Å². The molecule has 1 aliphatic heterocycles. The maximum absolute atomic E-state index is 15.1. The molecular weight excluding hydrogens is 602 g/mol. The van der Waals surface area contributed by atoms with E-state index in [0.717, 1.165) is 0 Å². The highest BCUT2D eigenvalue weighted by Crippen LogP contribution is 2.55. The van der Waals surface area contributed by atoms with E-state index in [-0.39, 0.29) is 22.3 Å². The van der Waals surface area contributed by atoms with Gasteiger partial charge in [-0.3, -0.25) is 18.9 Å². The summed E-state index contributed by atoms with van der Waals surface area (Å²) < 4.78 is 117. The predicted molar refractivity (Wildman–Crippen MR) is 132 cm³/mol. The van der Waals surface area contributed by atoms with Gasteiger partial charge in [-0.2, -0.15) is 13.2 Å². The van der Waals surface area contributed by atoms with Crippen molar-refractivity contribution in [2.45, 2.75) is 30.3 Å². The third kappa shape index (κ3) is 5.99. The standard InChI is InChI=1S/C24H22F5N2O10P/c1-36-13-3-7-15(8-4-13)40-42(35,41-16-9-5-14(37-2)6-10-16)38-12-23(20(26)27)19(33)24(28,29)21(39-23)31-11-17(25)18(32)30-22(31)34/h3-11,19-21,33H,12H2,1-2H3,(H,30,32,34)/t19-,21+,23+/m0/s1. The van der Waals surface area contributed by atoms with Crippen molar-refractivity contribution in [3.05, 3.63) is 81.4 Å². The Morgan fingerprint density at radius 3 is 1.90 bits per heavy atom. The molecule has 4 rings (SSSR count). The maximum Gasteiger partial charge on any atom is 0.587 e. The average Bonchev–Trinajstić information content (AvgIpc) is 3.16. The highest BCUT2D eigenvalue weighted by Gasteiger charge is 2.71. The van der Waals surface area contributed by atoms with Gasteiger partial charge in [0.05, 0.1) is 27.0 Å². The molecule has 2 aromatic carbocycles. The number of phosphoric ester groups is 1. The summed E-state index contributed by atoms with van der Waals surface area (Å²) in [4.78, 5) is 24.8. The number of aliphatic hydroxyl groups excluding tert-OH is 1. The molecule has 0 saturated carbocycles. The van der Waals surface area contributed by atoms with Gasteiger partial charge in [0.2, 0.25) is 12.0 Å². The van der Waals surface area contributed by atoms with Gasteiger partial charge in [0.25, 0.3) is 12.0 Å². The molecule has 3 atom stereocenters. The van der Waals surface area contributed by atoms with Crippen LogP contribution in [0.4, 0.5) is 22.0 Å². The molecule has 0 spiro atoms. The van der Waals surface area contributed by atoms with Gasteiger partial charge in [0.15, 0.2) is 11.7 Å². The average molecular weight is 624 g/mol. The minimum atomic E-state index is -5.06. The van der Waals surface area contributed by atoms with Gasteiger partial charge >= 0.3 is 19.4 Å². The third-order valence-electron chi connectivity index (χ3n) is 6.04. The van der Waals surface area contributed by atoms with E-state index in [2.05, 4.69) is 0 Å². The Morgan fingerprint density at radius 1 is 0.976 bits per heavy atom. The fourth-order valence-corrected chi connectivity index (χ4v) is 5.08. The number of hydrogen-bond donors (Lipinski definition) is 2. The van der Waals surface area contributed by atoms with Crippen LogP contribution in [0.3, 0.4) is 0 Å². The van der Waals surface area contributed by atoms with Crippen molar-refractivity contribution in [2.24, 2.45) is 0 Å². The number of aromatic amines is 1. The molecule has 0 radical (unpaired) electrons. The number of rotatable bonds is 11. The van der Waals surface area contributed by atoms with Crippen LogP contribution in [0.5, 0.6) is 23.0 Å². The Bertz CT molecular complexity index is 1510. The molecule has 42 heavy (non-hydrogen) atoms. The number of nitrogens with one attached hydrogen (secondary N) is 1. The molecule has 3 aromatic rings. The summed E-state index contributed by atoms with van der Waals surface area (Å²) in [6, 6.07) is 10.5. The summed E-state index contributed by atoms with van der Waals surface area (Å²) >= 11 is 0. The lowest BCUT2D eigenvalue weighted by Gasteiger charge is -2.31. The molecule has 12 nitrogen and oxygen atoms in total. The number of aromatic nitrogens is 2. The summed E-state index contributed by atoms with van der Waals surface area (Å²) in [5.74, 6) is -6.08. The molecular formula is C24H22F5N2O10P. The number of halogens is 5. The van der Waals surface area contributed by atoms with Crippen molar-refractivity contribution >= 4 is 7.82 Å². The normalized spacial score (nSPS) is 21.7. The van der Waals surface area contributed by atoms with Crippen LogP contribution in [0.25, 0.3) is 0 Å². The molecule has 18 heteroatoms. The topological polar surface area (TPSA) is 148 Å². The Morgan fingerprint density at radius 2 is 1.45 bits per heavy atom. The van der Waals surface area contributed by atoms with Crippen LogP contribution in [-0.2, 0) is 13.8 Å². The fourth-order valence-electron chi connectivity index (χ4n) is 3.82. The number of ether oxygens (including phenoxy) is 3. The number of benzene rings is 2. The lowest BCUT2D eigenvalue weighted by atomic mass is 9.96. The van der Waals surface area contributed by atoms with Crippen molar-refractivity contribution in [1.82, 2.24) is 9.55 Å². The van der Waals surface area contributed by atoms with Crippen LogP contribution < -0.4 is 29.8 Å². The van der Waals surface area contributed by atoms with Gasteiger partial charge in [0, 0.05) is 0 Å². The lowest BCUT2D eigenvalue weighted by molar-refractivity contribution is -0.193. The van der Waals surface area contributed by atoms with Crippen LogP contribution in [0.1, 0.15) is 6.23 Å². The maximum atomic E-state index is 15.1. The first-order valence-corrected chi connectivity index (χ1v) is 13.2. The van der Waals surface area contributed by atoms with Gasteiger partial charge in [-0.15, -0.1) is 0 Å². The van der Waals surface area contributed by atoms with E-state index in [4.69, 9.17) is 27.8 Å². The van der Waals surface area contributed by atoms with Crippen LogP contribution in [-0.4, -0.2) is 59.5 Å². The summed E-state index contributed by atoms with van der Waals surface area (Å²) in [6.07, 6.45) is -10.4. The predicted octanol–water partition coefficient (Wildman–Crippen LogP) is 3.50. The van der Waals surface area contributed by atoms with E-state index >= 15 is 8.78 Å². The molecule has 0 bridgehead atoms. The molecule has 2 heterocycles. The van der Waals surface area contributed by atoms with E-state index in [1.54, 1.807) is 0 Å². The van der Waals surface area contributed by atoms with Gasteiger partial charge in [-0.05, 0) is 48.5 Å². The molecule has 0 aliphatic carbocycles. The monoisotopic (exact) mass is 624 g/mol. The van der Waals surface area contributed by atoms with Gasteiger partial charge in [0.1, 0.15) is 23.0 Å². The van der Waals surface area contributed by atoms with E-state index in [1.165, 1.54) is 67.7 Å². The summed E-state index contributed by atoms with van der Waals surface area (Å²) in [5.41, 5.74) is -6.89. The van der Waals surface area contributed by atoms with Crippen molar-refractivity contribution in [3.8, 4) is 23.0 Å². The molecule has 2 N–H and O–H groups in total. The third-order valence-corrected chi connectivity index (χ3v) is 7.35. The van der Waals surface area contributed by atoms with Gasteiger partial charge in [-0.1, -0.05) is 0 Å². The highest BCUT2D eigenvalue weighted by atomic mass is 31.2. The SMILES string of the molecule is COc1ccc(OP(=O)(OC[C@@]2(C(F)F)O[C@@H](n3cc(F)c(=O)[nH]c3=O)C(F)(F)[C@H]2O)Oc2ccc(OC)cc2)cc1. The van der Waals surface area contributed by atoms with E-state index in [9.17, 15) is 32.4 Å². The van der Waals surface area contributed by atoms with E-state index in [0.29, 0.717) is 11.5 Å².